The van der Waals surface area contributed by atoms with Crippen LogP contribution in [0.15, 0.2) is 0 Å². The van der Waals surface area contributed by atoms with Gasteiger partial charge in [0.15, 0.2) is 0 Å². The molecule has 0 atom stereocenters. The summed E-state index contributed by atoms with van der Waals surface area (Å²) in [6.45, 7) is 0. The molecule has 0 heterocycles. The summed E-state index contributed by atoms with van der Waals surface area (Å²) in [5.41, 5.74) is 0. The van der Waals surface area contributed by atoms with Crippen molar-refractivity contribution in [1.29, 1.82) is 0 Å². The van der Waals surface area contributed by atoms with Crippen molar-refractivity contribution < 1.29 is 4.21 Å². The lowest BCUT2D eigenvalue weighted by Gasteiger charge is -1.71. The van der Waals surface area contributed by atoms with Crippen LogP contribution in [0.3, 0.4) is 0 Å². The Labute approximate surface area is 26.8 Å². The van der Waals surface area contributed by atoms with Crippen LogP contribution in [0.4, 0.5) is 0 Å². The van der Waals surface area contributed by atoms with Crippen molar-refractivity contribution in [2.45, 2.75) is 0 Å². The first-order valence-electron chi connectivity index (χ1n) is 0.691. The van der Waals surface area contributed by atoms with Gasteiger partial charge in [0.05, 0.1) is 0 Å². The van der Waals surface area contributed by atoms with Gasteiger partial charge in [-0.05, 0) is 0 Å². The third-order valence-electron chi connectivity index (χ3n) is 0. The molecule has 0 aliphatic rings. The molecular weight excluding hydrogens is 74.1 g/mol. The van der Waals surface area contributed by atoms with Crippen LogP contribution in [0.2, 0.25) is 0 Å². The highest BCUT2D eigenvalue weighted by atomic mass is 32.2. The molecule has 0 aromatic rings. The Morgan fingerprint density at radius 1 is 2.00 bits per heavy atom. The Kier molecular flexibility index (Phi) is 1.31. The molecule has 2 N–H and O–H groups in total. The number of rotatable bonds is 0. The van der Waals surface area contributed by atoms with Gasteiger partial charge in [0.2, 0.25) is 0 Å². The van der Waals surface area contributed by atoms with Crippen LogP contribution in [0.25, 0.3) is 0 Å². The fourth-order valence-corrected chi connectivity index (χ4v) is 0. The van der Waals surface area contributed by atoms with Crippen molar-refractivity contribution in [2.75, 3.05) is 0 Å². The van der Waals surface area contributed by atoms with Crippen LogP contribution in [0, 0.1) is 0 Å². The van der Waals surface area contributed by atoms with E-state index < -0.39 is 10.6 Å². The highest BCUT2D eigenvalue weighted by molar-refractivity contribution is 7.80. The van der Waals surface area contributed by atoms with Crippen molar-refractivity contribution in [3.05, 3.63) is 0 Å². The zero-order valence-electron chi connectivity index (χ0n) is 2.10. The Morgan fingerprint density at radius 3 is 2.00 bits per heavy atom. The lowest BCUT2D eigenvalue weighted by atomic mass is 12.0. The molecular formula is CH4NOS-. The molecule has 0 aliphatic heterocycles. The smallest absolute Gasteiger partial charge is 0.181 e. The topological polar surface area (TPSA) is 43.1 Å². The normalized spacial score (nSPS) is 8.50. The molecule has 2 nitrogen and oxygen atoms in total. The molecule has 0 unspecified atom stereocenters. The van der Waals surface area contributed by atoms with Gasteiger partial charge in [-0.25, -0.2) is 10.6 Å². The SMILES string of the molecule is C=[S-](N)=O. The molecule has 0 aromatic carbocycles. The van der Waals surface area contributed by atoms with Gasteiger partial charge in [-0.2, -0.15) is 5.87 Å². The minimum absolute atomic E-state index is 1.36. The summed E-state index contributed by atoms with van der Waals surface area (Å²) in [5, 5.41) is 4.47. The number of nitrogens with two attached hydrogens (primary N) is 1. The second kappa shape index (κ2) is 1.32. The van der Waals surface area contributed by atoms with E-state index in [4.69, 9.17) is 0 Å². The molecule has 0 spiro atoms. The van der Waals surface area contributed by atoms with E-state index in [1.165, 1.54) is 0 Å². The van der Waals surface area contributed by atoms with Crippen molar-refractivity contribution >= 4 is 16.4 Å². The average molecular weight is 78.1 g/mol. The Bertz CT molecular complexity index is 56.4. The molecule has 0 bridgehead atoms. The molecule has 0 aliphatic carbocycles. The average Bonchev–Trinajstić information content (AvgIpc) is 0.811. The van der Waals surface area contributed by atoms with Gasteiger partial charge < -0.3 is 9.35 Å². The standard InChI is InChI=1S/CH4NOS/c1-4(2)3/h1H2,(H2,2,3)/q-1. The van der Waals surface area contributed by atoms with Crippen LogP contribution in [0.5, 0.6) is 0 Å². The first kappa shape index (κ1) is 3.98. The summed E-state index contributed by atoms with van der Waals surface area (Å²) < 4.78 is 9.22. The van der Waals surface area contributed by atoms with E-state index in [0.29, 0.717) is 0 Å². The third-order valence-corrected chi connectivity index (χ3v) is 0. The van der Waals surface area contributed by atoms with Gasteiger partial charge in [-0.1, -0.05) is 0 Å². The second-order valence-corrected chi connectivity index (χ2v) is 1.14. The monoisotopic (exact) mass is 78.0 g/mol. The van der Waals surface area contributed by atoms with E-state index in [1.54, 1.807) is 0 Å². The van der Waals surface area contributed by atoms with Gasteiger partial charge in [0, 0.05) is 0 Å². The third kappa shape index (κ3) is 4750. The van der Waals surface area contributed by atoms with E-state index in [-0.39, 0.29) is 0 Å². The van der Waals surface area contributed by atoms with Crippen LogP contribution < -0.4 is 5.14 Å². The minimum atomic E-state index is -1.36. The fraction of sp³-hybridized carbons (Fsp3) is 0. The molecule has 0 saturated heterocycles. The van der Waals surface area contributed by atoms with Crippen LogP contribution in [-0.4, -0.2) is 5.87 Å². The number of hydrogen-bond donors (Lipinski definition) is 1. The Hall–Kier alpha value is -0.0200. The van der Waals surface area contributed by atoms with E-state index in [9.17, 15) is 4.21 Å². The van der Waals surface area contributed by atoms with Gasteiger partial charge in [0.25, 0.3) is 0 Å². The molecule has 0 rings (SSSR count). The van der Waals surface area contributed by atoms with Gasteiger partial charge >= 0.3 is 0 Å². The first-order chi connectivity index (χ1) is 1.73. The highest BCUT2D eigenvalue weighted by Gasteiger charge is 1.13. The van der Waals surface area contributed by atoms with Crippen molar-refractivity contribution in [1.82, 2.24) is 0 Å². The summed E-state index contributed by atoms with van der Waals surface area (Å²) in [5.74, 6) is 2.89. The zero-order chi connectivity index (χ0) is 3.58. The van der Waals surface area contributed by atoms with Gasteiger partial charge in [-0.3, -0.25) is 0 Å². The molecule has 26 valence electrons. The highest BCUT2D eigenvalue weighted by Crippen LogP contribution is 1.18. The van der Waals surface area contributed by atoms with E-state index in [1.807, 2.05) is 0 Å². The summed E-state index contributed by atoms with van der Waals surface area (Å²) in [7, 11) is -1.36. The van der Waals surface area contributed by atoms with Crippen LogP contribution in [-0.2, 0) is 14.8 Å². The lowest BCUT2D eigenvalue weighted by molar-refractivity contribution is 0.604. The summed E-state index contributed by atoms with van der Waals surface area (Å²) in [6, 6.07) is 0. The maximum atomic E-state index is 9.22. The maximum Gasteiger partial charge on any atom is -0.181 e. The van der Waals surface area contributed by atoms with E-state index in [0.717, 1.165) is 0 Å². The van der Waals surface area contributed by atoms with Crippen molar-refractivity contribution in [3.8, 4) is 0 Å². The summed E-state index contributed by atoms with van der Waals surface area (Å²) >= 11 is 0. The van der Waals surface area contributed by atoms with Crippen LogP contribution >= 0.6 is 0 Å². The molecule has 0 radical (unpaired) electrons. The Morgan fingerprint density at radius 2 is 2.00 bits per heavy atom. The molecule has 0 saturated carbocycles. The predicted molar refractivity (Wildman–Crippen MR) is 19.4 cm³/mol. The molecule has 0 aromatic heterocycles. The lowest BCUT2D eigenvalue weighted by Crippen LogP contribution is -1.84. The predicted octanol–water partition coefficient (Wildman–Crippen LogP) is -0.744. The molecule has 0 amide bonds. The molecule has 4 heavy (non-hydrogen) atoms. The fourth-order valence-electron chi connectivity index (χ4n) is 0. The molecule has 3 heteroatoms. The second-order valence-electron chi connectivity index (χ2n) is 0.381. The number of hydrogen-bond acceptors (Lipinski definition) is 2. The Balaban J connectivity index is 3.51. The van der Waals surface area contributed by atoms with Crippen LogP contribution in [0.1, 0.15) is 0 Å². The quantitative estimate of drug-likeness (QED) is 0.301. The van der Waals surface area contributed by atoms with E-state index in [2.05, 4.69) is 11.0 Å². The molecule has 0 fully saturated rings. The largest absolute Gasteiger partial charge is 0.448 e. The zero-order valence-corrected chi connectivity index (χ0v) is 2.92. The van der Waals surface area contributed by atoms with Gasteiger partial charge in [0.1, 0.15) is 0 Å². The maximum absolute atomic E-state index is 9.22. The minimum Gasteiger partial charge on any atom is -0.448 e. The summed E-state index contributed by atoms with van der Waals surface area (Å²) in [4.78, 5) is 0. The van der Waals surface area contributed by atoms with E-state index >= 15 is 0 Å². The van der Waals surface area contributed by atoms with Crippen molar-refractivity contribution in [2.24, 2.45) is 5.14 Å². The van der Waals surface area contributed by atoms with Crippen molar-refractivity contribution in [3.63, 3.8) is 0 Å². The first-order valence-corrected chi connectivity index (χ1v) is 2.07. The summed E-state index contributed by atoms with van der Waals surface area (Å²) in [6.07, 6.45) is 0. The van der Waals surface area contributed by atoms with Gasteiger partial charge in [-0.15, -0.1) is 0 Å².